The van der Waals surface area contributed by atoms with Crippen molar-refractivity contribution in [1.82, 2.24) is 5.32 Å². The number of hydrogen-bond acceptors (Lipinski definition) is 3. The molecule has 1 saturated heterocycles. The van der Waals surface area contributed by atoms with Crippen LogP contribution in [-0.2, 0) is 0 Å². The van der Waals surface area contributed by atoms with Gasteiger partial charge in [-0.2, -0.15) is 0 Å². The number of methoxy groups -OCH3 is 1. The molecule has 1 unspecified atom stereocenters. The minimum Gasteiger partial charge on any atom is -0.493 e. The second kappa shape index (κ2) is 5.41. The highest BCUT2D eigenvalue weighted by atomic mass is 16.5. The number of hydrogen-bond donors (Lipinski definition) is 1. The van der Waals surface area contributed by atoms with Crippen molar-refractivity contribution in [2.45, 2.75) is 38.8 Å². The van der Waals surface area contributed by atoms with E-state index in [9.17, 15) is 0 Å². The van der Waals surface area contributed by atoms with Crippen LogP contribution in [0.4, 0.5) is 0 Å². The summed E-state index contributed by atoms with van der Waals surface area (Å²) in [5.41, 5.74) is 1.22. The molecule has 0 aliphatic carbocycles. The average Bonchev–Trinajstić information content (AvgIpc) is 2.82. The third-order valence-electron chi connectivity index (χ3n) is 3.02. The minimum absolute atomic E-state index is 0.159. The fourth-order valence-electron chi connectivity index (χ4n) is 2.28. The molecule has 1 aromatic carbocycles. The lowest BCUT2D eigenvalue weighted by Crippen LogP contribution is -2.16. The van der Waals surface area contributed by atoms with Gasteiger partial charge in [0, 0.05) is 11.6 Å². The van der Waals surface area contributed by atoms with Crippen molar-refractivity contribution in [1.29, 1.82) is 0 Å². The summed E-state index contributed by atoms with van der Waals surface area (Å²) in [6, 6.07) is 6.51. The first-order valence-electron chi connectivity index (χ1n) is 6.29. The van der Waals surface area contributed by atoms with Crippen LogP contribution in [-0.4, -0.2) is 19.8 Å². The molecule has 1 atom stereocenters. The van der Waals surface area contributed by atoms with E-state index in [2.05, 4.69) is 11.4 Å². The average molecular weight is 235 g/mol. The van der Waals surface area contributed by atoms with Crippen LogP contribution in [0, 0.1) is 0 Å². The molecule has 0 saturated carbocycles. The van der Waals surface area contributed by atoms with E-state index in [4.69, 9.17) is 9.47 Å². The summed E-state index contributed by atoms with van der Waals surface area (Å²) >= 11 is 0. The topological polar surface area (TPSA) is 30.5 Å². The SMILES string of the molecule is COc1cccc(C2CCCN2)c1OC(C)C. The van der Waals surface area contributed by atoms with E-state index >= 15 is 0 Å². The Morgan fingerprint density at radius 2 is 2.18 bits per heavy atom. The number of nitrogens with one attached hydrogen (secondary N) is 1. The van der Waals surface area contributed by atoms with Crippen LogP contribution >= 0.6 is 0 Å². The zero-order valence-corrected chi connectivity index (χ0v) is 10.8. The second-order valence-corrected chi connectivity index (χ2v) is 4.69. The normalized spacial score (nSPS) is 19.6. The van der Waals surface area contributed by atoms with Gasteiger partial charge in [-0.3, -0.25) is 0 Å². The molecule has 1 fully saturated rings. The maximum Gasteiger partial charge on any atom is 0.166 e. The van der Waals surface area contributed by atoms with E-state index in [1.54, 1.807) is 7.11 Å². The standard InChI is InChI=1S/C14H21NO2/c1-10(2)17-14-11(12-7-5-9-15-12)6-4-8-13(14)16-3/h4,6,8,10,12,15H,5,7,9H2,1-3H3. The van der Waals surface area contributed by atoms with E-state index in [1.165, 1.54) is 18.4 Å². The van der Waals surface area contributed by atoms with E-state index in [-0.39, 0.29) is 6.10 Å². The predicted molar refractivity (Wildman–Crippen MR) is 68.7 cm³/mol. The zero-order chi connectivity index (χ0) is 12.3. The van der Waals surface area contributed by atoms with Gasteiger partial charge in [-0.1, -0.05) is 12.1 Å². The van der Waals surface area contributed by atoms with Gasteiger partial charge < -0.3 is 14.8 Å². The van der Waals surface area contributed by atoms with Crippen LogP contribution in [0.25, 0.3) is 0 Å². The smallest absolute Gasteiger partial charge is 0.166 e. The minimum atomic E-state index is 0.159. The van der Waals surface area contributed by atoms with Gasteiger partial charge in [-0.25, -0.2) is 0 Å². The Balaban J connectivity index is 2.34. The molecule has 1 aliphatic rings. The van der Waals surface area contributed by atoms with E-state index < -0.39 is 0 Å². The molecule has 0 spiro atoms. The van der Waals surface area contributed by atoms with Gasteiger partial charge in [0.15, 0.2) is 11.5 Å². The van der Waals surface area contributed by atoms with Crippen molar-refractivity contribution >= 4 is 0 Å². The lowest BCUT2D eigenvalue weighted by atomic mass is 10.0. The van der Waals surface area contributed by atoms with Crippen LogP contribution in [0.3, 0.4) is 0 Å². The summed E-state index contributed by atoms with van der Waals surface area (Å²) in [6.07, 6.45) is 2.55. The first-order chi connectivity index (χ1) is 8.22. The van der Waals surface area contributed by atoms with Crippen molar-refractivity contribution in [3.63, 3.8) is 0 Å². The Hall–Kier alpha value is -1.22. The largest absolute Gasteiger partial charge is 0.493 e. The maximum absolute atomic E-state index is 5.91. The molecule has 3 heteroatoms. The van der Waals surface area contributed by atoms with Gasteiger partial charge in [-0.15, -0.1) is 0 Å². The van der Waals surface area contributed by atoms with E-state index in [0.717, 1.165) is 18.0 Å². The fraction of sp³-hybridized carbons (Fsp3) is 0.571. The molecule has 1 aromatic rings. The summed E-state index contributed by atoms with van der Waals surface area (Å²) < 4.78 is 11.3. The number of rotatable bonds is 4. The summed E-state index contributed by atoms with van der Waals surface area (Å²) in [5.74, 6) is 1.72. The Bertz CT molecular complexity index is 370. The van der Waals surface area contributed by atoms with Crippen molar-refractivity contribution < 1.29 is 9.47 Å². The molecule has 1 aliphatic heterocycles. The van der Waals surface area contributed by atoms with Crippen LogP contribution in [0.2, 0.25) is 0 Å². The van der Waals surface area contributed by atoms with Crippen molar-refractivity contribution in [2.24, 2.45) is 0 Å². The molecule has 17 heavy (non-hydrogen) atoms. The Morgan fingerprint density at radius 1 is 1.35 bits per heavy atom. The number of ether oxygens (including phenoxy) is 2. The highest BCUT2D eigenvalue weighted by molar-refractivity contribution is 5.48. The quantitative estimate of drug-likeness (QED) is 0.870. The molecule has 0 bridgehead atoms. The monoisotopic (exact) mass is 235 g/mol. The second-order valence-electron chi connectivity index (χ2n) is 4.69. The molecule has 2 rings (SSSR count). The van der Waals surface area contributed by atoms with Crippen LogP contribution in [0.5, 0.6) is 11.5 Å². The van der Waals surface area contributed by atoms with Gasteiger partial charge in [0.1, 0.15) is 0 Å². The summed E-state index contributed by atoms with van der Waals surface area (Å²) in [7, 11) is 1.69. The van der Waals surface area contributed by atoms with Crippen LogP contribution in [0.1, 0.15) is 38.3 Å². The molecule has 0 radical (unpaired) electrons. The number of benzene rings is 1. The first-order valence-corrected chi connectivity index (χ1v) is 6.29. The third-order valence-corrected chi connectivity index (χ3v) is 3.02. The maximum atomic E-state index is 5.91. The molecule has 3 nitrogen and oxygen atoms in total. The first kappa shape index (κ1) is 12.2. The molecular formula is C14H21NO2. The van der Waals surface area contributed by atoms with Crippen molar-refractivity contribution in [3.8, 4) is 11.5 Å². The van der Waals surface area contributed by atoms with Gasteiger partial charge in [0.2, 0.25) is 0 Å². The third kappa shape index (κ3) is 2.72. The van der Waals surface area contributed by atoms with Gasteiger partial charge in [0.25, 0.3) is 0 Å². The van der Waals surface area contributed by atoms with Gasteiger partial charge in [0.05, 0.1) is 13.2 Å². The molecule has 1 N–H and O–H groups in total. The van der Waals surface area contributed by atoms with E-state index in [0.29, 0.717) is 6.04 Å². The Kier molecular flexibility index (Phi) is 3.89. The summed E-state index contributed by atoms with van der Waals surface area (Å²) in [5, 5.41) is 3.50. The highest BCUT2D eigenvalue weighted by Gasteiger charge is 2.22. The lowest BCUT2D eigenvalue weighted by Gasteiger charge is -2.20. The Morgan fingerprint density at radius 3 is 2.76 bits per heavy atom. The van der Waals surface area contributed by atoms with Gasteiger partial charge in [-0.05, 0) is 39.3 Å². The summed E-state index contributed by atoms with van der Waals surface area (Å²) in [4.78, 5) is 0. The molecule has 94 valence electrons. The predicted octanol–water partition coefficient (Wildman–Crippen LogP) is 2.91. The Labute approximate surface area is 103 Å². The summed E-state index contributed by atoms with van der Waals surface area (Å²) in [6.45, 7) is 5.17. The van der Waals surface area contributed by atoms with E-state index in [1.807, 2.05) is 26.0 Å². The highest BCUT2D eigenvalue weighted by Crippen LogP contribution is 2.38. The zero-order valence-electron chi connectivity index (χ0n) is 10.8. The molecule has 0 aromatic heterocycles. The number of para-hydroxylation sites is 1. The fourth-order valence-corrected chi connectivity index (χ4v) is 2.28. The van der Waals surface area contributed by atoms with Crippen molar-refractivity contribution in [2.75, 3.05) is 13.7 Å². The van der Waals surface area contributed by atoms with Crippen LogP contribution in [0.15, 0.2) is 18.2 Å². The molecule has 0 amide bonds. The van der Waals surface area contributed by atoms with Gasteiger partial charge >= 0.3 is 0 Å². The molecular weight excluding hydrogens is 214 g/mol. The van der Waals surface area contributed by atoms with Crippen LogP contribution < -0.4 is 14.8 Å². The van der Waals surface area contributed by atoms with Crippen molar-refractivity contribution in [3.05, 3.63) is 23.8 Å². The molecule has 1 heterocycles. The lowest BCUT2D eigenvalue weighted by molar-refractivity contribution is 0.226.